The molecular weight excluding hydrogens is 402 g/mol. The van der Waals surface area contributed by atoms with Crippen LogP contribution in [0.4, 0.5) is 5.82 Å². The van der Waals surface area contributed by atoms with E-state index in [2.05, 4.69) is 51.0 Å². The number of para-hydroxylation sites is 1. The summed E-state index contributed by atoms with van der Waals surface area (Å²) in [5.41, 5.74) is 3.97. The van der Waals surface area contributed by atoms with Gasteiger partial charge in [-0.05, 0) is 42.4 Å². The summed E-state index contributed by atoms with van der Waals surface area (Å²) in [5.74, 6) is 1.94. The third-order valence-corrected chi connectivity index (χ3v) is 8.02. The summed E-state index contributed by atoms with van der Waals surface area (Å²) in [6.07, 6.45) is 7.30. The maximum Gasteiger partial charge on any atom is 0.141 e. The lowest BCUT2D eigenvalue weighted by Crippen LogP contribution is -2.46. The van der Waals surface area contributed by atoms with E-state index in [0.717, 1.165) is 50.0 Å². The van der Waals surface area contributed by atoms with Crippen LogP contribution >= 0.6 is 11.3 Å². The Kier molecular flexibility index (Phi) is 4.84. The highest BCUT2D eigenvalue weighted by molar-refractivity contribution is 7.19. The van der Waals surface area contributed by atoms with Gasteiger partial charge in [-0.1, -0.05) is 31.2 Å². The fraction of sp³-hybridized carbons (Fsp3) is 0.400. The predicted molar refractivity (Wildman–Crippen MR) is 128 cm³/mol. The highest BCUT2D eigenvalue weighted by Crippen LogP contribution is 2.40. The molecule has 1 aliphatic heterocycles. The van der Waals surface area contributed by atoms with E-state index in [1.165, 1.54) is 50.9 Å². The van der Waals surface area contributed by atoms with E-state index in [9.17, 15) is 0 Å². The first kappa shape index (κ1) is 19.1. The average molecular weight is 430 g/mol. The standard InChI is InChI=1S/C25H27N5S/c1-17-7-8-20-21(14-17)31-25-22(20)24(27-16-28-25)30-12-10-29(11-13-30)15-19-5-2-4-18-6-3-9-26-23(18)19/h2-6,9,16-17H,7-8,10-15H2,1H3. The Morgan fingerprint density at radius 3 is 2.81 bits per heavy atom. The Morgan fingerprint density at radius 1 is 1.03 bits per heavy atom. The number of thiophene rings is 1. The van der Waals surface area contributed by atoms with E-state index in [4.69, 9.17) is 4.98 Å². The quantitative estimate of drug-likeness (QED) is 0.473. The van der Waals surface area contributed by atoms with Gasteiger partial charge in [0.1, 0.15) is 17.0 Å². The second-order valence-electron chi connectivity index (χ2n) is 8.98. The van der Waals surface area contributed by atoms with Crippen molar-refractivity contribution in [3.05, 3.63) is 58.9 Å². The summed E-state index contributed by atoms with van der Waals surface area (Å²) < 4.78 is 0. The molecule has 5 nitrogen and oxygen atoms in total. The molecule has 1 aliphatic carbocycles. The van der Waals surface area contributed by atoms with Crippen LogP contribution in [0.2, 0.25) is 0 Å². The molecule has 158 valence electrons. The molecule has 4 heterocycles. The van der Waals surface area contributed by atoms with E-state index in [1.54, 1.807) is 6.33 Å². The molecule has 6 heteroatoms. The van der Waals surface area contributed by atoms with Gasteiger partial charge in [-0.25, -0.2) is 9.97 Å². The first-order chi connectivity index (χ1) is 15.3. The van der Waals surface area contributed by atoms with Crippen LogP contribution in [-0.4, -0.2) is 46.0 Å². The first-order valence-electron chi connectivity index (χ1n) is 11.3. The summed E-state index contributed by atoms with van der Waals surface area (Å²) >= 11 is 1.89. The molecule has 1 unspecified atom stereocenters. The van der Waals surface area contributed by atoms with Gasteiger partial charge in [-0.15, -0.1) is 11.3 Å². The number of benzene rings is 1. The van der Waals surface area contributed by atoms with Crippen molar-refractivity contribution in [1.82, 2.24) is 19.9 Å². The lowest BCUT2D eigenvalue weighted by molar-refractivity contribution is 0.250. The highest BCUT2D eigenvalue weighted by Gasteiger charge is 2.26. The van der Waals surface area contributed by atoms with Crippen LogP contribution in [0.25, 0.3) is 21.1 Å². The van der Waals surface area contributed by atoms with E-state index >= 15 is 0 Å². The van der Waals surface area contributed by atoms with Crippen LogP contribution in [0.15, 0.2) is 42.9 Å². The van der Waals surface area contributed by atoms with Crippen LogP contribution in [-0.2, 0) is 19.4 Å². The summed E-state index contributed by atoms with van der Waals surface area (Å²) in [7, 11) is 0. The number of fused-ring (bicyclic) bond motifs is 4. The number of anilines is 1. The normalized spacial score (nSPS) is 19.8. The minimum absolute atomic E-state index is 0.782. The highest BCUT2D eigenvalue weighted by atomic mass is 32.1. The van der Waals surface area contributed by atoms with Gasteiger partial charge in [0.15, 0.2) is 0 Å². The fourth-order valence-corrected chi connectivity index (χ4v) is 6.50. The summed E-state index contributed by atoms with van der Waals surface area (Å²) in [4.78, 5) is 21.8. The van der Waals surface area contributed by atoms with E-state index in [-0.39, 0.29) is 0 Å². The molecule has 0 bridgehead atoms. The third kappa shape index (κ3) is 3.48. The Morgan fingerprint density at radius 2 is 1.90 bits per heavy atom. The van der Waals surface area contributed by atoms with Crippen LogP contribution < -0.4 is 4.90 Å². The topological polar surface area (TPSA) is 45.2 Å². The minimum Gasteiger partial charge on any atom is -0.353 e. The molecule has 1 fully saturated rings. The molecule has 0 saturated carbocycles. The van der Waals surface area contributed by atoms with Crippen LogP contribution in [0.1, 0.15) is 29.3 Å². The van der Waals surface area contributed by atoms with Crippen molar-refractivity contribution in [2.24, 2.45) is 5.92 Å². The molecule has 1 atom stereocenters. The fourth-order valence-electron chi connectivity index (χ4n) is 5.15. The smallest absolute Gasteiger partial charge is 0.141 e. The van der Waals surface area contributed by atoms with Crippen molar-refractivity contribution >= 4 is 38.3 Å². The van der Waals surface area contributed by atoms with Gasteiger partial charge < -0.3 is 4.90 Å². The van der Waals surface area contributed by atoms with Crippen LogP contribution in [0, 0.1) is 5.92 Å². The van der Waals surface area contributed by atoms with Crippen molar-refractivity contribution in [2.75, 3.05) is 31.1 Å². The van der Waals surface area contributed by atoms with Gasteiger partial charge in [0, 0.05) is 49.2 Å². The zero-order chi connectivity index (χ0) is 20.8. The number of hydrogen-bond donors (Lipinski definition) is 0. The summed E-state index contributed by atoms with van der Waals surface area (Å²) in [6.45, 7) is 7.41. The molecule has 2 aliphatic rings. The summed E-state index contributed by atoms with van der Waals surface area (Å²) in [6, 6.07) is 10.7. The maximum atomic E-state index is 4.77. The number of hydrogen-bond acceptors (Lipinski definition) is 6. The molecule has 1 aromatic carbocycles. The SMILES string of the molecule is CC1CCc2c(sc3ncnc(N4CCN(Cc5cccc6cccnc56)CC4)c23)C1. The second kappa shape index (κ2) is 7.84. The Labute approximate surface area is 186 Å². The number of piperazine rings is 1. The Bertz CT molecular complexity index is 1240. The van der Waals surface area contributed by atoms with Crippen molar-refractivity contribution in [3.63, 3.8) is 0 Å². The number of rotatable bonds is 3. The van der Waals surface area contributed by atoms with Crippen LogP contribution in [0.3, 0.4) is 0 Å². The van der Waals surface area contributed by atoms with Gasteiger partial charge in [0.05, 0.1) is 10.9 Å². The molecular formula is C25H27N5S. The number of nitrogens with zero attached hydrogens (tertiary/aromatic N) is 5. The first-order valence-corrected chi connectivity index (χ1v) is 12.1. The molecule has 0 amide bonds. The lowest BCUT2D eigenvalue weighted by Gasteiger charge is -2.36. The Hall–Kier alpha value is -2.57. The van der Waals surface area contributed by atoms with Crippen molar-refractivity contribution < 1.29 is 0 Å². The zero-order valence-electron chi connectivity index (χ0n) is 17.9. The summed E-state index contributed by atoms with van der Waals surface area (Å²) in [5, 5.41) is 2.56. The third-order valence-electron chi connectivity index (χ3n) is 6.85. The van der Waals surface area contributed by atoms with Crippen molar-refractivity contribution in [2.45, 2.75) is 32.7 Å². The molecule has 4 aromatic rings. The molecule has 31 heavy (non-hydrogen) atoms. The molecule has 6 rings (SSSR count). The molecule has 0 N–H and O–H groups in total. The minimum atomic E-state index is 0.782. The van der Waals surface area contributed by atoms with Gasteiger partial charge in [0.2, 0.25) is 0 Å². The van der Waals surface area contributed by atoms with Gasteiger partial charge in [0.25, 0.3) is 0 Å². The van der Waals surface area contributed by atoms with E-state index in [0.29, 0.717) is 0 Å². The molecule has 0 radical (unpaired) electrons. The van der Waals surface area contributed by atoms with Gasteiger partial charge in [-0.2, -0.15) is 0 Å². The van der Waals surface area contributed by atoms with Gasteiger partial charge in [-0.3, -0.25) is 9.88 Å². The molecule has 0 spiro atoms. The average Bonchev–Trinajstić information content (AvgIpc) is 3.17. The second-order valence-corrected chi connectivity index (χ2v) is 10.1. The van der Waals surface area contributed by atoms with E-state index in [1.807, 2.05) is 23.6 Å². The van der Waals surface area contributed by atoms with E-state index < -0.39 is 0 Å². The molecule has 1 saturated heterocycles. The van der Waals surface area contributed by atoms with Crippen molar-refractivity contribution in [1.29, 1.82) is 0 Å². The zero-order valence-corrected chi connectivity index (χ0v) is 18.7. The number of aromatic nitrogens is 3. The van der Waals surface area contributed by atoms with Crippen molar-refractivity contribution in [3.8, 4) is 0 Å². The maximum absolute atomic E-state index is 4.77. The van der Waals surface area contributed by atoms with Crippen LogP contribution in [0.5, 0.6) is 0 Å². The monoisotopic (exact) mass is 429 g/mol. The lowest BCUT2D eigenvalue weighted by atomic mass is 9.89. The largest absolute Gasteiger partial charge is 0.353 e. The number of pyridine rings is 1. The predicted octanol–water partition coefficient (Wildman–Crippen LogP) is 4.69. The Balaban J connectivity index is 1.22. The van der Waals surface area contributed by atoms with Gasteiger partial charge >= 0.3 is 0 Å². The number of aryl methyl sites for hydroxylation is 1. The molecule has 3 aromatic heterocycles.